The van der Waals surface area contributed by atoms with Crippen LogP contribution in [0.4, 0.5) is 10.1 Å². The zero-order valence-corrected chi connectivity index (χ0v) is 10.9. The predicted molar refractivity (Wildman–Crippen MR) is 65.6 cm³/mol. The molecule has 0 aromatic heterocycles. The van der Waals surface area contributed by atoms with Crippen molar-refractivity contribution in [1.29, 1.82) is 0 Å². The Balaban J connectivity index is 3.15. The third-order valence-corrected chi connectivity index (χ3v) is 3.84. The Labute approximate surface area is 101 Å². The van der Waals surface area contributed by atoms with Crippen molar-refractivity contribution in [1.82, 2.24) is 4.72 Å². The van der Waals surface area contributed by atoms with Gasteiger partial charge in [0.25, 0.3) is 0 Å². The van der Waals surface area contributed by atoms with Crippen molar-refractivity contribution in [3.05, 3.63) is 23.5 Å². The monoisotopic (exact) mass is 260 g/mol. The molecule has 6 heteroatoms. The largest absolute Gasteiger partial charge is 0.399 e. The summed E-state index contributed by atoms with van der Waals surface area (Å²) in [5.41, 5.74) is 5.62. The minimum atomic E-state index is -3.70. The second-order valence-electron chi connectivity index (χ2n) is 4.37. The van der Waals surface area contributed by atoms with Crippen molar-refractivity contribution < 1.29 is 12.8 Å². The number of anilines is 1. The summed E-state index contributed by atoms with van der Waals surface area (Å²) in [6.07, 6.45) is 0. The second-order valence-corrected chi connectivity index (χ2v) is 6.11. The molecular formula is C11H17FN2O2S. The van der Waals surface area contributed by atoms with E-state index in [-0.39, 0.29) is 22.1 Å². The number of rotatable bonds is 4. The molecule has 0 saturated heterocycles. The maximum Gasteiger partial charge on any atom is 0.241 e. The van der Waals surface area contributed by atoms with Crippen LogP contribution in [0.2, 0.25) is 0 Å². The molecule has 0 aliphatic carbocycles. The lowest BCUT2D eigenvalue weighted by molar-refractivity contribution is 0.556. The van der Waals surface area contributed by atoms with E-state index >= 15 is 0 Å². The molecule has 0 spiro atoms. The molecule has 1 aromatic carbocycles. The van der Waals surface area contributed by atoms with Crippen molar-refractivity contribution in [3.8, 4) is 0 Å². The van der Waals surface area contributed by atoms with Crippen LogP contribution in [-0.4, -0.2) is 15.0 Å². The lowest BCUT2D eigenvalue weighted by atomic mass is 10.2. The molecule has 0 bridgehead atoms. The summed E-state index contributed by atoms with van der Waals surface area (Å²) in [6.45, 7) is 5.49. The number of hydrogen-bond acceptors (Lipinski definition) is 3. The molecule has 17 heavy (non-hydrogen) atoms. The number of nitrogen functional groups attached to an aromatic ring is 1. The Morgan fingerprint density at radius 1 is 1.41 bits per heavy atom. The molecule has 0 saturated carbocycles. The van der Waals surface area contributed by atoms with Crippen LogP contribution in [0.25, 0.3) is 0 Å². The van der Waals surface area contributed by atoms with Gasteiger partial charge < -0.3 is 5.73 Å². The number of nitrogens with two attached hydrogens (primary N) is 1. The van der Waals surface area contributed by atoms with Gasteiger partial charge in [0.2, 0.25) is 10.0 Å². The topological polar surface area (TPSA) is 72.2 Å². The van der Waals surface area contributed by atoms with Crippen LogP contribution in [0, 0.1) is 18.7 Å². The first-order chi connectivity index (χ1) is 7.74. The van der Waals surface area contributed by atoms with Gasteiger partial charge in [-0.1, -0.05) is 13.8 Å². The molecule has 0 heterocycles. The van der Waals surface area contributed by atoms with E-state index in [1.54, 1.807) is 0 Å². The van der Waals surface area contributed by atoms with Gasteiger partial charge >= 0.3 is 0 Å². The van der Waals surface area contributed by atoms with E-state index in [1.807, 2.05) is 13.8 Å². The number of nitrogens with one attached hydrogen (secondary N) is 1. The lowest BCUT2D eigenvalue weighted by Gasteiger charge is -2.12. The third kappa shape index (κ3) is 3.41. The highest BCUT2D eigenvalue weighted by Gasteiger charge is 2.19. The van der Waals surface area contributed by atoms with Crippen molar-refractivity contribution in [3.63, 3.8) is 0 Å². The number of halogens is 1. The summed E-state index contributed by atoms with van der Waals surface area (Å²) < 4.78 is 39.7. The van der Waals surface area contributed by atoms with Gasteiger partial charge in [-0.05, 0) is 25.0 Å². The zero-order valence-electron chi connectivity index (χ0n) is 10.1. The van der Waals surface area contributed by atoms with Crippen molar-refractivity contribution in [2.45, 2.75) is 25.7 Å². The highest BCUT2D eigenvalue weighted by Crippen LogP contribution is 2.21. The SMILES string of the molecule is Cc1c(F)cc(N)cc1S(=O)(=O)NCC(C)C. The van der Waals surface area contributed by atoms with E-state index in [9.17, 15) is 12.8 Å². The van der Waals surface area contributed by atoms with Gasteiger partial charge in [0.1, 0.15) is 5.82 Å². The maximum absolute atomic E-state index is 13.4. The van der Waals surface area contributed by atoms with Gasteiger partial charge in [-0.2, -0.15) is 0 Å². The van der Waals surface area contributed by atoms with Crippen molar-refractivity contribution in [2.24, 2.45) is 5.92 Å². The van der Waals surface area contributed by atoms with Crippen molar-refractivity contribution in [2.75, 3.05) is 12.3 Å². The molecule has 1 rings (SSSR count). The minimum Gasteiger partial charge on any atom is -0.399 e. The number of sulfonamides is 1. The first kappa shape index (κ1) is 13.9. The fourth-order valence-corrected chi connectivity index (χ4v) is 2.81. The van der Waals surface area contributed by atoms with Gasteiger partial charge in [0.15, 0.2) is 0 Å². The highest BCUT2D eigenvalue weighted by atomic mass is 32.2. The van der Waals surface area contributed by atoms with Gasteiger partial charge in [-0.25, -0.2) is 17.5 Å². The quantitative estimate of drug-likeness (QED) is 0.808. The number of hydrogen-bond donors (Lipinski definition) is 2. The van der Waals surface area contributed by atoms with Gasteiger partial charge in [-0.3, -0.25) is 0 Å². The van der Waals surface area contributed by atoms with E-state index in [0.29, 0.717) is 6.54 Å². The summed E-state index contributed by atoms with van der Waals surface area (Å²) >= 11 is 0. The van der Waals surface area contributed by atoms with E-state index < -0.39 is 15.8 Å². The molecule has 0 radical (unpaired) electrons. The Bertz CT molecular complexity index is 512. The maximum atomic E-state index is 13.4. The first-order valence-electron chi connectivity index (χ1n) is 5.29. The molecule has 0 aliphatic rings. The average Bonchev–Trinajstić information content (AvgIpc) is 2.20. The molecule has 0 atom stereocenters. The molecule has 96 valence electrons. The molecule has 4 nitrogen and oxygen atoms in total. The van der Waals surface area contributed by atoms with E-state index in [4.69, 9.17) is 5.73 Å². The Morgan fingerprint density at radius 2 is 2.00 bits per heavy atom. The summed E-state index contributed by atoms with van der Waals surface area (Å²) in [5.74, 6) is -0.439. The van der Waals surface area contributed by atoms with Crippen LogP contribution < -0.4 is 10.5 Å². The van der Waals surface area contributed by atoms with Crippen LogP contribution in [0.3, 0.4) is 0 Å². The first-order valence-corrected chi connectivity index (χ1v) is 6.77. The summed E-state index contributed by atoms with van der Waals surface area (Å²) in [7, 11) is -3.70. The predicted octanol–water partition coefficient (Wildman–Crippen LogP) is 1.65. The third-order valence-electron chi connectivity index (χ3n) is 2.29. The fraction of sp³-hybridized carbons (Fsp3) is 0.455. The summed E-state index contributed by atoms with van der Waals surface area (Å²) in [5, 5.41) is 0. The van der Waals surface area contributed by atoms with E-state index in [0.717, 1.165) is 6.07 Å². The zero-order chi connectivity index (χ0) is 13.2. The van der Waals surface area contributed by atoms with Crippen LogP contribution >= 0.6 is 0 Å². The Morgan fingerprint density at radius 3 is 2.53 bits per heavy atom. The Hall–Kier alpha value is -1.14. The van der Waals surface area contributed by atoms with Crippen LogP contribution in [0.15, 0.2) is 17.0 Å². The van der Waals surface area contributed by atoms with Crippen LogP contribution in [-0.2, 0) is 10.0 Å². The van der Waals surface area contributed by atoms with E-state index in [2.05, 4.69) is 4.72 Å². The molecule has 0 unspecified atom stereocenters. The standard InChI is InChI=1S/C11H17FN2O2S/c1-7(2)6-14-17(15,16)11-5-9(13)4-10(12)8(11)3/h4-5,7,14H,6,13H2,1-3H3. The van der Waals surface area contributed by atoms with E-state index in [1.165, 1.54) is 13.0 Å². The molecule has 1 aromatic rings. The minimum absolute atomic E-state index is 0.0791. The second kappa shape index (κ2) is 5.01. The smallest absolute Gasteiger partial charge is 0.241 e. The fourth-order valence-electron chi connectivity index (χ4n) is 1.31. The molecule has 0 aliphatic heterocycles. The van der Waals surface area contributed by atoms with Crippen LogP contribution in [0.1, 0.15) is 19.4 Å². The average molecular weight is 260 g/mol. The highest BCUT2D eigenvalue weighted by molar-refractivity contribution is 7.89. The molecule has 0 amide bonds. The normalized spacial score (nSPS) is 12.1. The van der Waals surface area contributed by atoms with Crippen LogP contribution in [0.5, 0.6) is 0 Å². The molecular weight excluding hydrogens is 243 g/mol. The number of benzene rings is 1. The Kier molecular flexibility index (Phi) is 4.11. The molecule has 3 N–H and O–H groups in total. The van der Waals surface area contributed by atoms with Gasteiger partial charge in [0, 0.05) is 17.8 Å². The van der Waals surface area contributed by atoms with Gasteiger partial charge in [-0.15, -0.1) is 0 Å². The summed E-state index contributed by atoms with van der Waals surface area (Å²) in [6, 6.07) is 2.37. The lowest BCUT2D eigenvalue weighted by Crippen LogP contribution is -2.28. The summed E-state index contributed by atoms with van der Waals surface area (Å²) in [4.78, 5) is -0.101. The van der Waals surface area contributed by atoms with Gasteiger partial charge in [0.05, 0.1) is 4.90 Å². The molecule has 0 fully saturated rings. The van der Waals surface area contributed by atoms with Crippen molar-refractivity contribution >= 4 is 15.7 Å².